The average Bonchev–Trinajstić information content (AvgIpc) is 2.16. The summed E-state index contributed by atoms with van der Waals surface area (Å²) < 4.78 is 37.6. The van der Waals surface area contributed by atoms with Crippen molar-refractivity contribution in [3.8, 4) is 0 Å². The standard InChI is InChI=1S/C10H15F3N2O/c1-7-3-5-15(6-4-7)8(16)9(2,14)10(11,12)13/h3H,4-6,14H2,1-2H3. The van der Waals surface area contributed by atoms with Gasteiger partial charge in [-0.3, -0.25) is 4.79 Å². The zero-order chi connectivity index (χ0) is 12.6. The lowest BCUT2D eigenvalue weighted by Gasteiger charge is -2.34. The van der Waals surface area contributed by atoms with Gasteiger partial charge in [0.25, 0.3) is 5.91 Å². The molecule has 1 aliphatic rings. The molecule has 0 fully saturated rings. The molecule has 0 aliphatic carbocycles. The van der Waals surface area contributed by atoms with Crippen molar-refractivity contribution in [3.05, 3.63) is 11.6 Å². The molecule has 2 N–H and O–H groups in total. The van der Waals surface area contributed by atoms with Crippen LogP contribution in [0.3, 0.4) is 0 Å². The van der Waals surface area contributed by atoms with Crippen molar-refractivity contribution in [1.82, 2.24) is 4.90 Å². The molecule has 1 unspecified atom stereocenters. The van der Waals surface area contributed by atoms with Gasteiger partial charge in [-0.1, -0.05) is 11.6 Å². The molecule has 0 bridgehead atoms. The van der Waals surface area contributed by atoms with E-state index in [9.17, 15) is 18.0 Å². The maximum atomic E-state index is 12.5. The van der Waals surface area contributed by atoms with Gasteiger partial charge in [-0.05, 0) is 20.3 Å². The summed E-state index contributed by atoms with van der Waals surface area (Å²) in [6.07, 6.45) is -2.38. The molecular formula is C10H15F3N2O. The number of hydrogen-bond acceptors (Lipinski definition) is 2. The Labute approximate surface area is 92.1 Å². The van der Waals surface area contributed by atoms with Crippen LogP contribution in [0.2, 0.25) is 0 Å². The molecule has 16 heavy (non-hydrogen) atoms. The topological polar surface area (TPSA) is 46.3 Å². The summed E-state index contributed by atoms with van der Waals surface area (Å²) in [4.78, 5) is 12.8. The minimum Gasteiger partial charge on any atom is -0.337 e. The smallest absolute Gasteiger partial charge is 0.337 e. The zero-order valence-corrected chi connectivity index (χ0v) is 9.27. The first kappa shape index (κ1) is 13.0. The fourth-order valence-corrected chi connectivity index (χ4v) is 1.40. The summed E-state index contributed by atoms with van der Waals surface area (Å²) in [5.41, 5.74) is 3.34. The molecule has 1 atom stereocenters. The Balaban J connectivity index is 2.80. The van der Waals surface area contributed by atoms with E-state index in [0.717, 1.165) is 10.5 Å². The molecule has 0 aromatic heterocycles. The van der Waals surface area contributed by atoms with Gasteiger partial charge in [0.05, 0.1) is 0 Å². The van der Waals surface area contributed by atoms with Crippen LogP contribution >= 0.6 is 0 Å². The highest BCUT2D eigenvalue weighted by molar-refractivity contribution is 5.87. The van der Waals surface area contributed by atoms with Crippen LogP contribution in [-0.2, 0) is 4.79 Å². The second kappa shape index (κ2) is 4.08. The molecule has 0 radical (unpaired) electrons. The van der Waals surface area contributed by atoms with Crippen molar-refractivity contribution < 1.29 is 18.0 Å². The van der Waals surface area contributed by atoms with Gasteiger partial charge in [0.1, 0.15) is 0 Å². The molecule has 0 aromatic rings. The van der Waals surface area contributed by atoms with Gasteiger partial charge < -0.3 is 10.6 Å². The molecule has 0 spiro atoms. The Kier molecular flexibility index (Phi) is 3.33. The minimum absolute atomic E-state index is 0.202. The van der Waals surface area contributed by atoms with Crippen LogP contribution in [0.1, 0.15) is 20.3 Å². The van der Waals surface area contributed by atoms with Gasteiger partial charge in [0.15, 0.2) is 5.54 Å². The van der Waals surface area contributed by atoms with Crippen molar-refractivity contribution in [2.75, 3.05) is 13.1 Å². The summed E-state index contributed by atoms with van der Waals surface area (Å²) >= 11 is 0. The fourth-order valence-electron chi connectivity index (χ4n) is 1.40. The molecule has 0 aromatic carbocycles. The van der Waals surface area contributed by atoms with Crippen LogP contribution in [0, 0.1) is 0 Å². The lowest BCUT2D eigenvalue weighted by molar-refractivity contribution is -0.193. The maximum absolute atomic E-state index is 12.5. The Morgan fingerprint density at radius 1 is 1.50 bits per heavy atom. The lowest BCUT2D eigenvalue weighted by atomic mass is 9.99. The zero-order valence-electron chi connectivity index (χ0n) is 9.27. The van der Waals surface area contributed by atoms with E-state index in [1.807, 2.05) is 6.92 Å². The quantitative estimate of drug-likeness (QED) is 0.700. The number of carbonyl (C=O) groups excluding carboxylic acids is 1. The van der Waals surface area contributed by atoms with E-state index in [2.05, 4.69) is 0 Å². The first-order chi connectivity index (χ1) is 7.16. The Bertz CT molecular complexity index is 321. The number of alkyl halides is 3. The van der Waals surface area contributed by atoms with Gasteiger partial charge >= 0.3 is 6.18 Å². The third-order valence-corrected chi connectivity index (χ3v) is 2.76. The number of nitrogens with zero attached hydrogens (tertiary/aromatic N) is 1. The average molecular weight is 236 g/mol. The van der Waals surface area contributed by atoms with Gasteiger partial charge in [0, 0.05) is 13.1 Å². The fraction of sp³-hybridized carbons (Fsp3) is 0.700. The first-order valence-corrected chi connectivity index (χ1v) is 4.97. The van der Waals surface area contributed by atoms with Crippen molar-refractivity contribution >= 4 is 5.91 Å². The molecule has 1 rings (SSSR count). The maximum Gasteiger partial charge on any atom is 0.415 e. The molecular weight excluding hydrogens is 221 g/mol. The van der Waals surface area contributed by atoms with Crippen molar-refractivity contribution in [2.24, 2.45) is 5.73 Å². The highest BCUT2D eigenvalue weighted by Crippen LogP contribution is 2.30. The predicted molar refractivity (Wildman–Crippen MR) is 53.6 cm³/mol. The van der Waals surface area contributed by atoms with E-state index in [-0.39, 0.29) is 6.54 Å². The van der Waals surface area contributed by atoms with Gasteiger partial charge in [-0.25, -0.2) is 0 Å². The number of hydrogen-bond donors (Lipinski definition) is 1. The van der Waals surface area contributed by atoms with Gasteiger partial charge in [-0.2, -0.15) is 13.2 Å². The molecule has 1 heterocycles. The van der Waals surface area contributed by atoms with E-state index < -0.39 is 17.6 Å². The summed E-state index contributed by atoms with van der Waals surface area (Å²) in [5, 5.41) is 0. The summed E-state index contributed by atoms with van der Waals surface area (Å²) in [5.74, 6) is -1.07. The minimum atomic E-state index is -4.72. The second-order valence-electron chi connectivity index (χ2n) is 4.25. The van der Waals surface area contributed by atoms with Crippen LogP contribution < -0.4 is 5.73 Å². The largest absolute Gasteiger partial charge is 0.415 e. The lowest BCUT2D eigenvalue weighted by Crippen LogP contribution is -2.62. The molecule has 0 saturated carbocycles. The monoisotopic (exact) mass is 236 g/mol. The molecule has 92 valence electrons. The van der Waals surface area contributed by atoms with Crippen LogP contribution in [-0.4, -0.2) is 35.6 Å². The number of nitrogens with two attached hydrogens (primary N) is 1. The van der Waals surface area contributed by atoms with E-state index in [1.165, 1.54) is 0 Å². The van der Waals surface area contributed by atoms with Gasteiger partial charge in [0.2, 0.25) is 0 Å². The summed E-state index contributed by atoms with van der Waals surface area (Å²) in [6, 6.07) is 0. The molecule has 1 amide bonds. The first-order valence-electron chi connectivity index (χ1n) is 4.97. The molecule has 1 aliphatic heterocycles. The summed E-state index contributed by atoms with van der Waals surface area (Å²) in [7, 11) is 0. The van der Waals surface area contributed by atoms with Crippen LogP contribution in [0.25, 0.3) is 0 Å². The highest BCUT2D eigenvalue weighted by Gasteiger charge is 2.55. The Morgan fingerprint density at radius 3 is 2.44 bits per heavy atom. The molecule has 3 nitrogen and oxygen atoms in total. The normalized spacial score (nSPS) is 21.4. The van der Waals surface area contributed by atoms with E-state index in [0.29, 0.717) is 19.9 Å². The highest BCUT2D eigenvalue weighted by atomic mass is 19.4. The second-order valence-corrected chi connectivity index (χ2v) is 4.25. The van der Waals surface area contributed by atoms with Crippen LogP contribution in [0.4, 0.5) is 13.2 Å². The van der Waals surface area contributed by atoms with E-state index >= 15 is 0 Å². The van der Waals surface area contributed by atoms with E-state index in [4.69, 9.17) is 5.73 Å². The molecule has 6 heteroatoms. The Hall–Kier alpha value is -1.04. The SMILES string of the molecule is CC1=CCN(C(=O)C(C)(N)C(F)(F)F)CC1. The Morgan fingerprint density at radius 2 is 2.06 bits per heavy atom. The van der Waals surface area contributed by atoms with E-state index in [1.54, 1.807) is 6.08 Å². The van der Waals surface area contributed by atoms with Crippen molar-refractivity contribution in [2.45, 2.75) is 32.0 Å². The molecule has 0 saturated heterocycles. The summed E-state index contributed by atoms with van der Waals surface area (Å²) in [6.45, 7) is 3.09. The van der Waals surface area contributed by atoms with Crippen molar-refractivity contribution in [3.63, 3.8) is 0 Å². The number of carbonyl (C=O) groups is 1. The predicted octanol–water partition coefficient (Wildman–Crippen LogP) is 1.44. The number of rotatable bonds is 1. The van der Waals surface area contributed by atoms with Gasteiger partial charge in [-0.15, -0.1) is 0 Å². The third-order valence-electron chi connectivity index (χ3n) is 2.76. The van der Waals surface area contributed by atoms with Crippen LogP contribution in [0.15, 0.2) is 11.6 Å². The number of halogens is 3. The van der Waals surface area contributed by atoms with Crippen LogP contribution in [0.5, 0.6) is 0 Å². The van der Waals surface area contributed by atoms with Crippen molar-refractivity contribution in [1.29, 1.82) is 0 Å². The number of amides is 1. The third kappa shape index (κ3) is 2.37.